The number of anilines is 1. The third-order valence-electron chi connectivity index (χ3n) is 2.51. The molecule has 10 heteroatoms. The number of nitrogens with one attached hydrogen (secondary N) is 2. The molecule has 2 rings (SSSR count). The Bertz CT molecular complexity index is 793. The molecular formula is C14H13N5O4S. The molecule has 0 fully saturated rings. The van der Waals surface area contributed by atoms with Gasteiger partial charge in [-0.05, 0) is 18.2 Å². The van der Waals surface area contributed by atoms with E-state index in [-0.39, 0.29) is 11.6 Å². The van der Waals surface area contributed by atoms with Crippen molar-refractivity contribution in [2.45, 2.75) is 0 Å². The Morgan fingerprint density at radius 2 is 2.38 bits per heavy atom. The summed E-state index contributed by atoms with van der Waals surface area (Å²) in [6, 6.07) is 2.70. The second kappa shape index (κ2) is 8.39. The summed E-state index contributed by atoms with van der Waals surface area (Å²) in [4.78, 5) is 25.7. The molecule has 2 N–H and O–H groups in total. The summed E-state index contributed by atoms with van der Waals surface area (Å²) in [7, 11) is 0. The number of furan rings is 1. The summed E-state index contributed by atoms with van der Waals surface area (Å²) < 4.78 is 4.92. The Balaban J connectivity index is 1.83. The number of aromatic nitrogens is 1. The molecule has 0 radical (unpaired) electrons. The number of amides is 1. The number of hydrogen-bond acceptors (Lipinski definition) is 8. The molecule has 124 valence electrons. The van der Waals surface area contributed by atoms with Crippen LogP contribution in [-0.4, -0.2) is 28.6 Å². The lowest BCUT2D eigenvalue weighted by atomic mass is 10.4. The van der Waals surface area contributed by atoms with Crippen molar-refractivity contribution < 1.29 is 14.1 Å². The normalized spacial score (nSPS) is 11.0. The maximum Gasteiger partial charge on any atom is 0.433 e. The number of nitro groups is 1. The van der Waals surface area contributed by atoms with E-state index >= 15 is 0 Å². The highest BCUT2D eigenvalue weighted by Gasteiger charge is 2.10. The molecule has 0 aliphatic carbocycles. The molecule has 1 amide bonds. The third kappa shape index (κ3) is 4.88. The van der Waals surface area contributed by atoms with E-state index in [1.807, 2.05) is 0 Å². The minimum absolute atomic E-state index is 0.245. The van der Waals surface area contributed by atoms with Gasteiger partial charge in [-0.15, -0.1) is 17.9 Å². The van der Waals surface area contributed by atoms with Crippen LogP contribution in [-0.2, 0) is 0 Å². The standard InChI is InChI=1S/C14H13N5O4S/c1-2-7-15-14-17-11(9-24-14)13(20)18-16-8-3-4-10-5-6-12(23-10)19(21)22/h2-6,8-9H,1,7H2,(H,15,17)(H,18,20)/b4-3+,16-8+. The van der Waals surface area contributed by atoms with Crippen molar-refractivity contribution in [1.82, 2.24) is 10.4 Å². The number of carbonyl (C=O) groups is 1. The molecule has 0 spiro atoms. The van der Waals surface area contributed by atoms with Crippen LogP contribution in [0.25, 0.3) is 6.08 Å². The highest BCUT2D eigenvalue weighted by Crippen LogP contribution is 2.16. The second-order valence-electron chi connectivity index (χ2n) is 4.22. The first kappa shape index (κ1) is 17.1. The molecule has 2 aromatic rings. The average molecular weight is 347 g/mol. The smallest absolute Gasteiger partial charge is 0.401 e. The van der Waals surface area contributed by atoms with Crippen LogP contribution in [0.1, 0.15) is 16.2 Å². The van der Waals surface area contributed by atoms with Gasteiger partial charge in [0.05, 0.1) is 6.07 Å². The minimum atomic E-state index is -0.627. The SMILES string of the molecule is C=CCNc1nc(C(=O)N/N=C/C=C/c2ccc([N+](=O)[O-])o2)cs1. The van der Waals surface area contributed by atoms with Crippen LogP contribution in [0.3, 0.4) is 0 Å². The van der Waals surface area contributed by atoms with E-state index in [1.165, 1.54) is 41.8 Å². The van der Waals surface area contributed by atoms with Crippen molar-refractivity contribution in [3.63, 3.8) is 0 Å². The lowest BCUT2D eigenvalue weighted by Gasteiger charge is -1.95. The zero-order valence-corrected chi connectivity index (χ0v) is 13.2. The quantitative estimate of drug-likeness (QED) is 0.327. The molecule has 0 saturated carbocycles. The van der Waals surface area contributed by atoms with Gasteiger partial charge >= 0.3 is 5.88 Å². The summed E-state index contributed by atoms with van der Waals surface area (Å²) in [5.41, 5.74) is 2.56. The minimum Gasteiger partial charge on any atom is -0.401 e. The fourth-order valence-corrected chi connectivity index (χ4v) is 2.18. The molecule has 0 aliphatic heterocycles. The van der Waals surface area contributed by atoms with Crippen LogP contribution in [0, 0.1) is 10.1 Å². The number of hydrogen-bond donors (Lipinski definition) is 2. The molecule has 0 unspecified atom stereocenters. The number of thiazole rings is 1. The topological polar surface area (TPSA) is 123 Å². The predicted molar refractivity (Wildman–Crippen MR) is 91.2 cm³/mol. The van der Waals surface area contributed by atoms with Crippen molar-refractivity contribution in [2.24, 2.45) is 5.10 Å². The molecule has 24 heavy (non-hydrogen) atoms. The Hall–Kier alpha value is -3.27. The summed E-state index contributed by atoms with van der Waals surface area (Å²) in [5, 5.41) is 19.4. The van der Waals surface area contributed by atoms with Crippen molar-refractivity contribution in [3.05, 3.63) is 57.8 Å². The van der Waals surface area contributed by atoms with Gasteiger partial charge in [-0.2, -0.15) is 5.10 Å². The van der Waals surface area contributed by atoms with Gasteiger partial charge in [-0.3, -0.25) is 14.9 Å². The predicted octanol–water partition coefficient (Wildman–Crippen LogP) is 2.67. The zero-order chi connectivity index (χ0) is 17.4. The van der Waals surface area contributed by atoms with Crippen LogP contribution in [0.2, 0.25) is 0 Å². The molecule has 0 saturated heterocycles. The maximum absolute atomic E-state index is 11.8. The van der Waals surface area contributed by atoms with E-state index < -0.39 is 10.8 Å². The molecule has 0 atom stereocenters. The van der Waals surface area contributed by atoms with Crippen LogP contribution in [0.4, 0.5) is 11.0 Å². The van der Waals surface area contributed by atoms with Crippen LogP contribution < -0.4 is 10.7 Å². The summed E-state index contributed by atoms with van der Waals surface area (Å²) >= 11 is 1.30. The third-order valence-corrected chi connectivity index (χ3v) is 3.31. The van der Waals surface area contributed by atoms with Crippen molar-refractivity contribution in [2.75, 3.05) is 11.9 Å². The summed E-state index contributed by atoms with van der Waals surface area (Å²) in [6.45, 7) is 4.13. The van der Waals surface area contributed by atoms with E-state index in [0.717, 1.165) is 0 Å². The molecule has 0 aromatic carbocycles. The van der Waals surface area contributed by atoms with Gasteiger partial charge in [-0.1, -0.05) is 6.08 Å². The molecule has 0 bridgehead atoms. The molecular weight excluding hydrogens is 334 g/mol. The monoisotopic (exact) mass is 347 g/mol. The number of rotatable bonds is 8. The molecule has 0 aliphatic rings. The lowest BCUT2D eigenvalue weighted by Crippen LogP contribution is -2.17. The van der Waals surface area contributed by atoms with Crippen molar-refractivity contribution >= 4 is 40.6 Å². The summed E-state index contributed by atoms with van der Waals surface area (Å²) in [6.07, 6.45) is 5.95. The number of hydrazone groups is 1. The van der Waals surface area contributed by atoms with Crippen LogP contribution >= 0.6 is 11.3 Å². The van der Waals surface area contributed by atoms with Gasteiger partial charge in [-0.25, -0.2) is 10.4 Å². The molecule has 9 nitrogen and oxygen atoms in total. The first-order valence-electron chi connectivity index (χ1n) is 6.64. The van der Waals surface area contributed by atoms with Gasteiger partial charge in [0.15, 0.2) is 5.13 Å². The van der Waals surface area contributed by atoms with E-state index in [9.17, 15) is 14.9 Å². The first-order chi connectivity index (χ1) is 11.6. The van der Waals surface area contributed by atoms with Gasteiger partial charge in [0.2, 0.25) is 0 Å². The van der Waals surface area contributed by atoms with Crippen molar-refractivity contribution in [1.29, 1.82) is 0 Å². The second-order valence-corrected chi connectivity index (χ2v) is 5.08. The maximum atomic E-state index is 11.8. The van der Waals surface area contributed by atoms with Crippen LogP contribution in [0.5, 0.6) is 0 Å². The van der Waals surface area contributed by atoms with E-state index in [4.69, 9.17) is 4.42 Å². The Morgan fingerprint density at radius 1 is 1.54 bits per heavy atom. The number of allylic oxidation sites excluding steroid dienone is 1. The Kier molecular flexibility index (Phi) is 5.97. The van der Waals surface area contributed by atoms with Gasteiger partial charge in [0.1, 0.15) is 16.4 Å². The largest absolute Gasteiger partial charge is 0.433 e. The van der Waals surface area contributed by atoms with E-state index in [0.29, 0.717) is 17.4 Å². The molecule has 2 aromatic heterocycles. The van der Waals surface area contributed by atoms with Crippen molar-refractivity contribution in [3.8, 4) is 0 Å². The number of carbonyl (C=O) groups excluding carboxylic acids is 1. The Labute approximate surface area is 140 Å². The van der Waals surface area contributed by atoms with Gasteiger partial charge < -0.3 is 9.73 Å². The highest BCUT2D eigenvalue weighted by atomic mass is 32.1. The first-order valence-corrected chi connectivity index (χ1v) is 7.52. The average Bonchev–Trinajstić information content (AvgIpc) is 3.22. The lowest BCUT2D eigenvalue weighted by molar-refractivity contribution is -0.402. The van der Waals surface area contributed by atoms with E-state index in [2.05, 4.69) is 27.4 Å². The number of nitrogens with zero attached hydrogens (tertiary/aromatic N) is 3. The fraction of sp³-hybridized carbons (Fsp3) is 0.0714. The van der Waals surface area contributed by atoms with Crippen LogP contribution in [0.15, 0.2) is 45.8 Å². The van der Waals surface area contributed by atoms with E-state index in [1.54, 1.807) is 11.5 Å². The summed E-state index contributed by atoms with van der Waals surface area (Å²) in [5.74, 6) is -0.489. The van der Waals surface area contributed by atoms with Gasteiger partial charge in [0.25, 0.3) is 5.91 Å². The highest BCUT2D eigenvalue weighted by molar-refractivity contribution is 7.13. The zero-order valence-electron chi connectivity index (χ0n) is 12.3. The Morgan fingerprint density at radius 3 is 3.08 bits per heavy atom. The molecule has 2 heterocycles. The van der Waals surface area contributed by atoms with Gasteiger partial charge in [0, 0.05) is 18.1 Å². The fourth-order valence-electron chi connectivity index (χ4n) is 1.48.